The molecule has 0 radical (unpaired) electrons. The summed E-state index contributed by atoms with van der Waals surface area (Å²) in [5.41, 5.74) is 22.5. The molecule has 6 rings (SSSR count). The first kappa shape index (κ1) is 52.5. The van der Waals surface area contributed by atoms with E-state index in [0.717, 1.165) is 5.56 Å². The van der Waals surface area contributed by atoms with Crippen LogP contribution in [0.3, 0.4) is 0 Å². The predicted molar refractivity (Wildman–Crippen MR) is 265 cm³/mol. The molecule has 372 valence electrons. The number of ether oxygens (including phenoxy) is 2. The van der Waals surface area contributed by atoms with Crippen LogP contribution in [-0.2, 0) is 31.0 Å². The summed E-state index contributed by atoms with van der Waals surface area (Å²) in [6.07, 6.45) is 4.54. The lowest BCUT2D eigenvalue weighted by Crippen LogP contribution is -2.56. The van der Waals surface area contributed by atoms with Gasteiger partial charge in [0.25, 0.3) is 5.91 Å². The maximum absolute atomic E-state index is 14.7. The number of nitriles is 1. The van der Waals surface area contributed by atoms with Crippen LogP contribution in [-0.4, -0.2) is 119 Å². The molecule has 4 atom stereocenters. The number of hydrogen-bond donors (Lipinski definition) is 7. The minimum absolute atomic E-state index is 0.000991. The summed E-state index contributed by atoms with van der Waals surface area (Å²) in [5, 5.41) is 19.9. The number of likely N-dealkylation sites (N-methyl/N-ethyl adjacent to an activating group) is 1. The van der Waals surface area contributed by atoms with Crippen molar-refractivity contribution in [3.63, 3.8) is 0 Å². The van der Waals surface area contributed by atoms with E-state index in [0.29, 0.717) is 50.8 Å². The van der Waals surface area contributed by atoms with Gasteiger partial charge >= 0.3 is 0 Å². The highest BCUT2D eigenvalue weighted by Gasteiger charge is 2.36. The largest absolute Gasteiger partial charge is 0.492 e. The molecule has 1 aliphatic heterocycles. The lowest BCUT2D eigenvalue weighted by Gasteiger charge is -2.32. The molecule has 0 spiro atoms. The Balaban J connectivity index is 1.32. The van der Waals surface area contributed by atoms with Crippen LogP contribution in [0.2, 0.25) is 0 Å². The molecular formula is C51H61N13O7. The smallest absolute Gasteiger partial charge is 0.255 e. The number of nitrogens with zero attached hydrogens (tertiary/aromatic N) is 6. The van der Waals surface area contributed by atoms with Gasteiger partial charge in [0.05, 0.1) is 22.9 Å². The van der Waals surface area contributed by atoms with Gasteiger partial charge in [-0.3, -0.25) is 24.0 Å². The van der Waals surface area contributed by atoms with E-state index in [1.54, 1.807) is 55.7 Å². The van der Waals surface area contributed by atoms with Crippen LogP contribution in [0.25, 0.3) is 33.9 Å². The number of hydrogen-bond acceptors (Lipinski definition) is 15. The maximum atomic E-state index is 14.7. The zero-order valence-electron chi connectivity index (χ0n) is 40.7. The number of nitrogens with one attached hydrogen (secondary N) is 4. The minimum Gasteiger partial charge on any atom is -0.492 e. The highest BCUT2D eigenvalue weighted by molar-refractivity contribution is 6.00. The summed E-state index contributed by atoms with van der Waals surface area (Å²) in [4.78, 5) is 89.7. The minimum atomic E-state index is -1.42. The number of nitrogens with two attached hydrogens (primary N) is 3. The highest BCUT2D eigenvalue weighted by Crippen LogP contribution is 2.40. The Kier molecular flexibility index (Phi) is 17.5. The summed E-state index contributed by atoms with van der Waals surface area (Å²) >= 11 is 0. The number of carbonyl (C=O) groups is 5. The summed E-state index contributed by atoms with van der Waals surface area (Å²) < 4.78 is 12.2. The molecule has 2 aromatic heterocycles. The fourth-order valence-corrected chi connectivity index (χ4v) is 7.91. The van der Waals surface area contributed by atoms with Gasteiger partial charge in [-0.25, -0.2) is 19.9 Å². The number of aromatic nitrogens is 4. The van der Waals surface area contributed by atoms with Gasteiger partial charge in [0.15, 0.2) is 11.6 Å². The van der Waals surface area contributed by atoms with Crippen LogP contribution in [0.15, 0.2) is 79.3 Å². The third kappa shape index (κ3) is 12.9. The molecule has 3 heterocycles. The van der Waals surface area contributed by atoms with E-state index in [-0.39, 0.29) is 69.0 Å². The number of benzene rings is 3. The molecule has 0 unspecified atom stereocenters. The molecule has 0 fully saturated rings. The summed E-state index contributed by atoms with van der Waals surface area (Å²) in [5.74, 6) is -1.89. The van der Waals surface area contributed by atoms with Crippen molar-refractivity contribution in [2.24, 2.45) is 17.2 Å². The zero-order chi connectivity index (χ0) is 51.4. The van der Waals surface area contributed by atoms with Crippen LogP contribution in [0.5, 0.6) is 11.5 Å². The number of aryl methyl sites for hydroxylation is 1. The lowest BCUT2D eigenvalue weighted by atomic mass is 9.87. The van der Waals surface area contributed by atoms with Crippen LogP contribution in [0.1, 0.15) is 72.9 Å². The third-order valence-corrected chi connectivity index (χ3v) is 11.8. The van der Waals surface area contributed by atoms with Crippen LogP contribution in [0, 0.1) is 18.3 Å². The number of rotatable bonds is 16. The Bertz CT molecular complexity index is 2770. The van der Waals surface area contributed by atoms with Crippen LogP contribution >= 0.6 is 0 Å². The van der Waals surface area contributed by atoms with Gasteiger partial charge in [0.2, 0.25) is 23.6 Å². The van der Waals surface area contributed by atoms with E-state index in [1.165, 1.54) is 30.6 Å². The van der Waals surface area contributed by atoms with E-state index in [9.17, 15) is 29.2 Å². The molecule has 0 saturated heterocycles. The van der Waals surface area contributed by atoms with Crippen LogP contribution in [0.4, 0.5) is 0 Å². The first-order valence-corrected chi connectivity index (χ1v) is 23.2. The first-order valence-electron chi connectivity index (χ1n) is 23.2. The normalized spacial score (nSPS) is 16.3. The van der Waals surface area contributed by atoms with Crippen molar-refractivity contribution in [2.75, 3.05) is 46.4 Å². The van der Waals surface area contributed by atoms with Crippen molar-refractivity contribution >= 4 is 29.5 Å². The van der Waals surface area contributed by atoms with Crippen molar-refractivity contribution in [2.45, 2.75) is 77.0 Å². The molecule has 4 bridgehead atoms. The van der Waals surface area contributed by atoms with Gasteiger partial charge in [-0.05, 0) is 73.2 Å². The van der Waals surface area contributed by atoms with Crippen molar-refractivity contribution < 1.29 is 33.4 Å². The topological polar surface area (TPSA) is 309 Å². The van der Waals surface area contributed by atoms with E-state index < -0.39 is 53.7 Å². The molecule has 5 amide bonds. The lowest BCUT2D eigenvalue weighted by molar-refractivity contribution is -0.141. The van der Waals surface area contributed by atoms with Gasteiger partial charge in [0, 0.05) is 61.8 Å². The monoisotopic (exact) mass is 967 g/mol. The fourth-order valence-electron chi connectivity index (χ4n) is 7.91. The Morgan fingerprint density at radius 2 is 1.48 bits per heavy atom. The van der Waals surface area contributed by atoms with Gasteiger partial charge in [-0.1, -0.05) is 57.2 Å². The highest BCUT2D eigenvalue weighted by atomic mass is 16.5. The van der Waals surface area contributed by atoms with Gasteiger partial charge in [0.1, 0.15) is 55.4 Å². The summed E-state index contributed by atoms with van der Waals surface area (Å²) in [7, 11) is 1.40. The van der Waals surface area contributed by atoms with Crippen molar-refractivity contribution in [1.29, 1.82) is 5.26 Å². The standard InChI is InChI=1S/C51H61N13O7/c1-29-38(28-59-45(60-29)34-26-57-44(58-27-34)32-8-11-35(12-9-32)51(3,4)5)47(66)62-39(15-16-52)50(69)64(6)43-33-10-14-42(71-22-19-55)37(25-33)36-23-31(7-13-41(36)70-21-18-54)24-40(48(67)56-20-17-53)63-46(65)30(2)61-49(43)68/h7-14,23,25-28,30,39-40,43H,15-16,18-22,24,52,54-55H2,1-6H3,(H,56,67)(H,61,68)(H,62,66)(H,63,65)/t30-,39-,40-,43-/m0/s1. The van der Waals surface area contributed by atoms with Crippen molar-refractivity contribution in [1.82, 2.24) is 46.1 Å². The Hall–Kier alpha value is -7.86. The summed E-state index contributed by atoms with van der Waals surface area (Å²) in [6.45, 7) is 9.80. The molecule has 0 aliphatic carbocycles. The van der Waals surface area contributed by atoms with E-state index in [2.05, 4.69) is 74.1 Å². The van der Waals surface area contributed by atoms with E-state index in [1.807, 2.05) is 18.2 Å². The molecule has 20 heteroatoms. The quantitative estimate of drug-likeness (QED) is 0.0699. The second-order valence-electron chi connectivity index (χ2n) is 18.0. The second kappa shape index (κ2) is 23.6. The first-order chi connectivity index (χ1) is 34.0. The average molecular weight is 968 g/mol. The summed E-state index contributed by atoms with van der Waals surface area (Å²) in [6, 6.07) is 15.0. The van der Waals surface area contributed by atoms with Crippen molar-refractivity contribution in [3.8, 4) is 51.5 Å². The fraction of sp³-hybridized carbons (Fsp3) is 0.373. The van der Waals surface area contributed by atoms with Gasteiger partial charge in [-0.2, -0.15) is 5.26 Å². The molecular weight excluding hydrogens is 907 g/mol. The maximum Gasteiger partial charge on any atom is 0.255 e. The Labute approximate surface area is 412 Å². The molecule has 71 heavy (non-hydrogen) atoms. The zero-order valence-corrected chi connectivity index (χ0v) is 40.7. The Morgan fingerprint density at radius 3 is 2.08 bits per heavy atom. The number of carbonyl (C=O) groups excluding carboxylic acids is 5. The molecule has 5 aromatic rings. The molecule has 0 saturated carbocycles. The third-order valence-electron chi connectivity index (χ3n) is 11.8. The number of amides is 5. The SMILES string of the molecule is Cc1nc(-c2cnc(-c3ccc(C(C)(C)C)cc3)nc2)ncc1C(=O)N[C@@H](CCN)C(=O)N(C)[C@@H]1C(=O)N[C@@H](C)C(=O)N[C@H](C(=O)NCC#N)Cc2ccc(OCCN)c(c2)-c2cc1ccc2OCCN. The Morgan fingerprint density at radius 1 is 0.845 bits per heavy atom. The molecule has 20 nitrogen and oxygen atoms in total. The molecule has 3 aromatic carbocycles. The van der Waals surface area contributed by atoms with Gasteiger partial charge < -0.3 is 52.8 Å². The number of fused-ring (bicyclic) bond motifs is 5. The average Bonchev–Trinajstić information content (AvgIpc) is 3.35. The second-order valence-corrected chi connectivity index (χ2v) is 18.0. The van der Waals surface area contributed by atoms with E-state index >= 15 is 0 Å². The van der Waals surface area contributed by atoms with Crippen molar-refractivity contribution in [3.05, 3.63) is 107 Å². The van der Waals surface area contributed by atoms with Gasteiger partial charge in [-0.15, -0.1) is 0 Å². The molecule has 10 N–H and O–H groups in total. The molecule has 1 aliphatic rings. The van der Waals surface area contributed by atoms with E-state index in [4.69, 9.17) is 26.7 Å². The predicted octanol–water partition coefficient (Wildman–Crippen LogP) is 2.38. The van der Waals surface area contributed by atoms with Crippen LogP contribution < -0.4 is 47.9 Å².